The fraction of sp³-hybridized carbons (Fsp3) is 0.417. The van der Waals surface area contributed by atoms with E-state index < -0.39 is 12.0 Å². The molecular formula is C12H15BrClNO2. The summed E-state index contributed by atoms with van der Waals surface area (Å²) in [4.78, 5) is 11.0. The largest absolute Gasteiger partial charge is 0.480 e. The number of carboxylic acids is 1. The number of hydrogen-bond acceptors (Lipinski definition) is 2. The topological polar surface area (TPSA) is 49.3 Å². The Morgan fingerprint density at radius 2 is 2.18 bits per heavy atom. The minimum Gasteiger partial charge on any atom is -0.480 e. The van der Waals surface area contributed by atoms with Crippen LogP contribution in [0.15, 0.2) is 22.7 Å². The molecule has 0 bridgehead atoms. The van der Waals surface area contributed by atoms with Crippen molar-refractivity contribution in [3.05, 3.63) is 33.3 Å². The number of nitrogens with one attached hydrogen (secondary N) is 1. The molecule has 0 fully saturated rings. The number of benzene rings is 1. The van der Waals surface area contributed by atoms with Gasteiger partial charge in [-0.2, -0.15) is 0 Å². The molecule has 1 atom stereocenters. The van der Waals surface area contributed by atoms with E-state index in [0.717, 1.165) is 10.0 Å². The van der Waals surface area contributed by atoms with Crippen LogP contribution in [0.4, 0.5) is 0 Å². The van der Waals surface area contributed by atoms with Crippen LogP contribution in [-0.2, 0) is 11.3 Å². The van der Waals surface area contributed by atoms with Crippen LogP contribution in [0, 0.1) is 5.92 Å². The lowest BCUT2D eigenvalue weighted by atomic mass is 10.0. The molecule has 0 aliphatic rings. The van der Waals surface area contributed by atoms with E-state index in [1.165, 1.54) is 0 Å². The molecule has 2 N–H and O–H groups in total. The number of hydrogen-bond donors (Lipinski definition) is 2. The van der Waals surface area contributed by atoms with Crippen molar-refractivity contribution >= 4 is 33.5 Å². The molecule has 0 radical (unpaired) electrons. The second kappa shape index (κ2) is 6.38. The van der Waals surface area contributed by atoms with Gasteiger partial charge >= 0.3 is 5.97 Å². The molecule has 94 valence electrons. The SMILES string of the molecule is CC(C)C(NCc1ccc(Br)c(Cl)c1)C(=O)O. The van der Waals surface area contributed by atoms with E-state index in [2.05, 4.69) is 21.2 Å². The molecule has 0 aliphatic heterocycles. The van der Waals surface area contributed by atoms with Gasteiger partial charge < -0.3 is 10.4 Å². The molecule has 3 nitrogen and oxygen atoms in total. The highest BCUT2D eigenvalue weighted by molar-refractivity contribution is 9.10. The third-order valence-electron chi connectivity index (χ3n) is 2.44. The zero-order valence-corrected chi connectivity index (χ0v) is 12.0. The molecule has 0 aliphatic carbocycles. The third-order valence-corrected chi connectivity index (χ3v) is 3.68. The quantitative estimate of drug-likeness (QED) is 0.875. The van der Waals surface area contributed by atoms with Crippen molar-refractivity contribution in [1.82, 2.24) is 5.32 Å². The Bertz CT molecular complexity index is 409. The van der Waals surface area contributed by atoms with Crippen LogP contribution in [0.3, 0.4) is 0 Å². The Labute approximate surface area is 114 Å². The molecule has 0 saturated heterocycles. The number of halogens is 2. The summed E-state index contributed by atoms with van der Waals surface area (Å²) in [5, 5.41) is 12.7. The van der Waals surface area contributed by atoms with Gasteiger partial charge in [-0.1, -0.05) is 31.5 Å². The van der Waals surface area contributed by atoms with Gasteiger partial charge in [0.2, 0.25) is 0 Å². The summed E-state index contributed by atoms with van der Waals surface area (Å²) in [5.41, 5.74) is 0.963. The van der Waals surface area contributed by atoms with E-state index in [1.54, 1.807) is 0 Å². The second-order valence-electron chi connectivity index (χ2n) is 4.19. The minimum absolute atomic E-state index is 0.0402. The summed E-state index contributed by atoms with van der Waals surface area (Å²) in [6.07, 6.45) is 0. The first-order chi connectivity index (χ1) is 7.91. The molecular weight excluding hydrogens is 305 g/mol. The van der Waals surface area contributed by atoms with Gasteiger partial charge in [-0.25, -0.2) is 0 Å². The van der Waals surface area contributed by atoms with Gasteiger partial charge in [0.25, 0.3) is 0 Å². The molecule has 0 heterocycles. The first-order valence-corrected chi connectivity index (χ1v) is 6.49. The van der Waals surface area contributed by atoms with Gasteiger partial charge in [0, 0.05) is 11.0 Å². The first kappa shape index (κ1) is 14.5. The van der Waals surface area contributed by atoms with Crippen molar-refractivity contribution in [1.29, 1.82) is 0 Å². The van der Waals surface area contributed by atoms with Gasteiger partial charge in [0.05, 0.1) is 5.02 Å². The molecule has 0 amide bonds. The molecule has 17 heavy (non-hydrogen) atoms. The Morgan fingerprint density at radius 1 is 1.53 bits per heavy atom. The molecule has 1 aromatic carbocycles. The van der Waals surface area contributed by atoms with E-state index in [1.807, 2.05) is 32.0 Å². The van der Waals surface area contributed by atoms with Gasteiger partial charge in [0.1, 0.15) is 6.04 Å². The Morgan fingerprint density at radius 3 is 2.65 bits per heavy atom. The van der Waals surface area contributed by atoms with Crippen LogP contribution in [0.5, 0.6) is 0 Å². The maximum atomic E-state index is 11.0. The smallest absolute Gasteiger partial charge is 0.320 e. The number of carbonyl (C=O) groups is 1. The highest BCUT2D eigenvalue weighted by Gasteiger charge is 2.20. The van der Waals surface area contributed by atoms with Crippen LogP contribution in [-0.4, -0.2) is 17.1 Å². The maximum absolute atomic E-state index is 11.0. The standard InChI is InChI=1S/C12H15BrClNO2/c1-7(2)11(12(16)17)15-6-8-3-4-9(13)10(14)5-8/h3-5,7,11,15H,6H2,1-2H3,(H,16,17). The summed E-state index contributed by atoms with van der Waals surface area (Å²) in [6, 6.07) is 5.03. The van der Waals surface area contributed by atoms with Crippen molar-refractivity contribution in [2.24, 2.45) is 5.92 Å². The summed E-state index contributed by atoms with van der Waals surface area (Å²) in [5.74, 6) is -0.790. The number of aliphatic carboxylic acids is 1. The Balaban J connectivity index is 2.65. The summed E-state index contributed by atoms with van der Waals surface area (Å²) < 4.78 is 0.835. The summed E-state index contributed by atoms with van der Waals surface area (Å²) >= 11 is 9.27. The minimum atomic E-state index is -0.830. The molecule has 0 spiro atoms. The predicted molar refractivity (Wildman–Crippen MR) is 72.3 cm³/mol. The molecule has 1 aromatic rings. The van der Waals surface area contributed by atoms with Crippen molar-refractivity contribution in [3.63, 3.8) is 0 Å². The Kier molecular flexibility index (Phi) is 5.43. The predicted octanol–water partition coefficient (Wildman–Crippen LogP) is 3.30. The van der Waals surface area contributed by atoms with E-state index >= 15 is 0 Å². The van der Waals surface area contributed by atoms with Gasteiger partial charge in [0.15, 0.2) is 0 Å². The lowest BCUT2D eigenvalue weighted by Gasteiger charge is -2.18. The zero-order valence-electron chi connectivity index (χ0n) is 9.71. The van der Waals surface area contributed by atoms with Crippen LogP contribution >= 0.6 is 27.5 Å². The molecule has 0 saturated carbocycles. The molecule has 1 unspecified atom stereocenters. The van der Waals surface area contributed by atoms with E-state index in [-0.39, 0.29) is 5.92 Å². The average molecular weight is 321 g/mol. The van der Waals surface area contributed by atoms with Crippen molar-refractivity contribution in [3.8, 4) is 0 Å². The lowest BCUT2D eigenvalue weighted by molar-refractivity contribution is -0.140. The van der Waals surface area contributed by atoms with Crippen molar-refractivity contribution < 1.29 is 9.90 Å². The van der Waals surface area contributed by atoms with E-state index in [4.69, 9.17) is 16.7 Å². The Hall–Kier alpha value is -0.580. The van der Waals surface area contributed by atoms with Crippen LogP contribution in [0.1, 0.15) is 19.4 Å². The third kappa shape index (κ3) is 4.30. The lowest BCUT2D eigenvalue weighted by Crippen LogP contribution is -2.40. The fourth-order valence-corrected chi connectivity index (χ4v) is 1.94. The van der Waals surface area contributed by atoms with Gasteiger partial charge in [-0.15, -0.1) is 0 Å². The summed E-state index contributed by atoms with van der Waals surface area (Å²) in [6.45, 7) is 4.24. The van der Waals surface area contributed by atoms with Crippen LogP contribution < -0.4 is 5.32 Å². The van der Waals surface area contributed by atoms with E-state index in [0.29, 0.717) is 11.6 Å². The fourth-order valence-electron chi connectivity index (χ4n) is 1.49. The monoisotopic (exact) mass is 319 g/mol. The highest BCUT2D eigenvalue weighted by atomic mass is 79.9. The van der Waals surface area contributed by atoms with Crippen molar-refractivity contribution in [2.45, 2.75) is 26.4 Å². The van der Waals surface area contributed by atoms with E-state index in [9.17, 15) is 4.79 Å². The van der Waals surface area contributed by atoms with Crippen molar-refractivity contribution in [2.75, 3.05) is 0 Å². The number of carboxylic acid groups (broad SMARTS) is 1. The average Bonchev–Trinajstić information content (AvgIpc) is 2.22. The zero-order chi connectivity index (χ0) is 13.0. The second-order valence-corrected chi connectivity index (χ2v) is 5.45. The molecule has 1 rings (SSSR count). The first-order valence-electron chi connectivity index (χ1n) is 5.32. The normalized spacial score (nSPS) is 12.8. The maximum Gasteiger partial charge on any atom is 0.320 e. The molecule has 5 heteroatoms. The molecule has 0 aromatic heterocycles. The van der Waals surface area contributed by atoms with Gasteiger partial charge in [-0.3, -0.25) is 4.79 Å². The van der Waals surface area contributed by atoms with Crippen LogP contribution in [0.2, 0.25) is 5.02 Å². The van der Waals surface area contributed by atoms with Crippen LogP contribution in [0.25, 0.3) is 0 Å². The van der Waals surface area contributed by atoms with Gasteiger partial charge in [-0.05, 0) is 39.5 Å². The number of rotatable bonds is 5. The summed E-state index contributed by atoms with van der Waals surface area (Å²) in [7, 11) is 0. The highest BCUT2D eigenvalue weighted by Crippen LogP contribution is 2.23.